The SMILES string of the molecule is Cc1ccc2ccccc2c1C(=O)C(F)(F)C(F)(F)C(F)(F)C(F)(F)F. The summed E-state index contributed by atoms with van der Waals surface area (Å²) in [5.74, 6) is -23.2. The molecule has 0 saturated carbocycles. The molecule has 2 aromatic carbocycles. The maximum Gasteiger partial charge on any atom is 0.460 e. The molecule has 10 heteroatoms. The van der Waals surface area contributed by atoms with Gasteiger partial charge in [-0.25, -0.2) is 0 Å². The molecule has 0 radical (unpaired) electrons. The second-order valence-electron chi connectivity index (χ2n) is 5.53. The van der Waals surface area contributed by atoms with Crippen LogP contribution in [0.4, 0.5) is 39.5 Å². The highest BCUT2D eigenvalue weighted by Crippen LogP contribution is 2.54. The fourth-order valence-electron chi connectivity index (χ4n) is 2.36. The molecule has 0 fully saturated rings. The first-order chi connectivity index (χ1) is 11.7. The summed E-state index contributed by atoms with van der Waals surface area (Å²) in [5, 5.41) is -0.133. The van der Waals surface area contributed by atoms with Crippen LogP contribution in [-0.4, -0.2) is 29.7 Å². The van der Waals surface area contributed by atoms with Gasteiger partial charge < -0.3 is 0 Å². The Morgan fingerprint density at radius 1 is 0.769 bits per heavy atom. The second-order valence-corrected chi connectivity index (χ2v) is 5.53. The maximum atomic E-state index is 13.9. The van der Waals surface area contributed by atoms with E-state index in [0.29, 0.717) is 0 Å². The second kappa shape index (κ2) is 5.88. The highest BCUT2D eigenvalue weighted by molar-refractivity contribution is 6.13. The number of ketones is 1. The van der Waals surface area contributed by atoms with E-state index in [9.17, 15) is 44.3 Å². The quantitative estimate of drug-likeness (QED) is 0.478. The summed E-state index contributed by atoms with van der Waals surface area (Å²) in [7, 11) is 0. The van der Waals surface area contributed by atoms with Gasteiger partial charge >= 0.3 is 23.9 Å². The van der Waals surface area contributed by atoms with Crippen molar-refractivity contribution in [3.05, 3.63) is 47.5 Å². The van der Waals surface area contributed by atoms with Crippen LogP contribution < -0.4 is 0 Å². The molecular formula is C16H9F9O. The number of rotatable bonds is 4. The van der Waals surface area contributed by atoms with Gasteiger partial charge in [-0.2, -0.15) is 39.5 Å². The molecule has 26 heavy (non-hydrogen) atoms. The summed E-state index contributed by atoms with van der Waals surface area (Å²) >= 11 is 0. The molecule has 0 atom stereocenters. The van der Waals surface area contributed by atoms with E-state index in [0.717, 1.165) is 19.1 Å². The molecule has 0 unspecified atom stereocenters. The molecule has 0 spiro atoms. The molecule has 0 amide bonds. The minimum atomic E-state index is -7.11. The fourth-order valence-corrected chi connectivity index (χ4v) is 2.36. The first-order valence-corrected chi connectivity index (χ1v) is 6.89. The van der Waals surface area contributed by atoms with Crippen LogP contribution in [0.15, 0.2) is 36.4 Å². The first-order valence-electron chi connectivity index (χ1n) is 6.89. The van der Waals surface area contributed by atoms with Crippen molar-refractivity contribution in [3.63, 3.8) is 0 Å². The van der Waals surface area contributed by atoms with Gasteiger partial charge in [-0.05, 0) is 23.3 Å². The van der Waals surface area contributed by atoms with Crippen molar-refractivity contribution in [2.45, 2.75) is 30.9 Å². The number of Topliss-reactive ketones (excluding diaryl/α,β-unsaturated/α-hetero) is 1. The highest BCUT2D eigenvalue weighted by Gasteiger charge is 2.83. The Balaban J connectivity index is 2.68. The van der Waals surface area contributed by atoms with Crippen LogP contribution in [0.25, 0.3) is 10.8 Å². The summed E-state index contributed by atoms with van der Waals surface area (Å²) in [4.78, 5) is 12.0. The van der Waals surface area contributed by atoms with Crippen LogP contribution in [0, 0.1) is 6.92 Å². The van der Waals surface area contributed by atoms with Crippen LogP contribution in [0.5, 0.6) is 0 Å². The number of hydrogen-bond acceptors (Lipinski definition) is 1. The lowest BCUT2D eigenvalue weighted by Gasteiger charge is -2.33. The third-order valence-corrected chi connectivity index (χ3v) is 3.79. The molecule has 0 N–H and O–H groups in total. The van der Waals surface area contributed by atoms with Crippen molar-refractivity contribution >= 4 is 16.6 Å². The van der Waals surface area contributed by atoms with Gasteiger partial charge in [0.05, 0.1) is 0 Å². The van der Waals surface area contributed by atoms with E-state index >= 15 is 0 Å². The van der Waals surface area contributed by atoms with E-state index in [2.05, 4.69) is 0 Å². The van der Waals surface area contributed by atoms with E-state index in [1.54, 1.807) is 0 Å². The van der Waals surface area contributed by atoms with Gasteiger partial charge in [-0.15, -0.1) is 0 Å². The Hall–Kier alpha value is -2.26. The van der Waals surface area contributed by atoms with Crippen LogP contribution in [0.2, 0.25) is 0 Å². The number of carbonyl (C=O) groups is 1. The summed E-state index contributed by atoms with van der Waals surface area (Å²) in [5.41, 5.74) is -1.33. The molecule has 2 rings (SSSR count). The fraction of sp³-hybridized carbons (Fsp3) is 0.312. The summed E-state index contributed by atoms with van der Waals surface area (Å²) in [6, 6.07) is 7.54. The van der Waals surface area contributed by atoms with E-state index in [1.807, 2.05) is 0 Å². The van der Waals surface area contributed by atoms with Gasteiger partial charge in [0.15, 0.2) is 0 Å². The first kappa shape index (κ1) is 20.1. The number of hydrogen-bond donors (Lipinski definition) is 0. The van der Waals surface area contributed by atoms with Gasteiger partial charge in [-0.3, -0.25) is 4.79 Å². The largest absolute Gasteiger partial charge is 0.460 e. The zero-order valence-electron chi connectivity index (χ0n) is 12.8. The normalized spacial score (nSPS) is 13.9. The lowest BCUT2D eigenvalue weighted by Crippen LogP contribution is -2.63. The summed E-state index contributed by atoms with van der Waals surface area (Å²) < 4.78 is 117. The Morgan fingerprint density at radius 3 is 1.85 bits per heavy atom. The molecule has 0 aliphatic carbocycles. The monoisotopic (exact) mass is 388 g/mol. The third kappa shape index (κ3) is 2.71. The topological polar surface area (TPSA) is 17.1 Å². The van der Waals surface area contributed by atoms with Gasteiger partial charge in [0.2, 0.25) is 5.78 Å². The number of aryl methyl sites for hydroxylation is 1. The van der Waals surface area contributed by atoms with Crippen LogP contribution in [0.3, 0.4) is 0 Å². The van der Waals surface area contributed by atoms with Crippen molar-refractivity contribution in [3.8, 4) is 0 Å². The minimum absolute atomic E-state index is 0.142. The maximum absolute atomic E-state index is 13.9. The molecule has 0 saturated heterocycles. The number of halogens is 9. The van der Waals surface area contributed by atoms with Crippen molar-refractivity contribution in [2.75, 3.05) is 0 Å². The Kier molecular flexibility index (Phi) is 4.54. The molecule has 2 aromatic rings. The Morgan fingerprint density at radius 2 is 1.31 bits per heavy atom. The Labute approximate surface area is 140 Å². The van der Waals surface area contributed by atoms with Crippen molar-refractivity contribution < 1.29 is 44.3 Å². The molecule has 0 aliphatic rings. The number of alkyl halides is 9. The van der Waals surface area contributed by atoms with Crippen molar-refractivity contribution in [1.29, 1.82) is 0 Å². The van der Waals surface area contributed by atoms with Crippen LogP contribution >= 0.6 is 0 Å². The average molecular weight is 388 g/mol. The van der Waals surface area contributed by atoms with Gasteiger partial charge in [0.1, 0.15) is 0 Å². The van der Waals surface area contributed by atoms with Crippen LogP contribution in [0.1, 0.15) is 15.9 Å². The van der Waals surface area contributed by atoms with E-state index in [-0.39, 0.29) is 16.3 Å². The molecular weight excluding hydrogens is 379 g/mol. The zero-order valence-corrected chi connectivity index (χ0v) is 12.8. The van der Waals surface area contributed by atoms with Gasteiger partial charge in [0, 0.05) is 5.56 Å². The predicted molar refractivity (Wildman–Crippen MR) is 73.9 cm³/mol. The standard InChI is InChI=1S/C16H9F9O/c1-8-6-7-9-4-2-3-5-10(9)11(8)12(26)13(17,18)14(19,20)15(21,22)16(23,24)25/h2-7H,1H3. The molecule has 0 bridgehead atoms. The summed E-state index contributed by atoms with van der Waals surface area (Å²) in [6.45, 7) is 1.07. The van der Waals surface area contributed by atoms with Crippen LogP contribution in [-0.2, 0) is 0 Å². The Bertz CT molecular complexity index is 852. The predicted octanol–water partition coefficient (Wildman–Crippen LogP) is 5.80. The highest BCUT2D eigenvalue weighted by atomic mass is 19.4. The molecule has 0 heterocycles. The van der Waals surface area contributed by atoms with Gasteiger partial charge in [0.25, 0.3) is 0 Å². The minimum Gasteiger partial charge on any atom is -0.287 e. The number of carbonyl (C=O) groups excluding carboxylic acids is 1. The van der Waals surface area contributed by atoms with E-state index < -0.39 is 35.3 Å². The van der Waals surface area contributed by atoms with Crippen molar-refractivity contribution in [2.24, 2.45) is 0 Å². The molecule has 0 aromatic heterocycles. The lowest BCUT2D eigenvalue weighted by atomic mass is 9.90. The van der Waals surface area contributed by atoms with E-state index in [4.69, 9.17) is 0 Å². The average Bonchev–Trinajstić information content (AvgIpc) is 2.52. The zero-order chi connectivity index (χ0) is 20.1. The van der Waals surface area contributed by atoms with Crippen molar-refractivity contribution in [1.82, 2.24) is 0 Å². The molecule has 1 nitrogen and oxygen atoms in total. The molecule has 0 aliphatic heterocycles. The smallest absolute Gasteiger partial charge is 0.287 e. The number of fused-ring (bicyclic) bond motifs is 1. The number of benzene rings is 2. The lowest BCUT2D eigenvalue weighted by molar-refractivity contribution is -0.386. The summed E-state index contributed by atoms with van der Waals surface area (Å²) in [6.07, 6.45) is -6.98. The third-order valence-electron chi connectivity index (χ3n) is 3.79. The molecule has 142 valence electrons. The van der Waals surface area contributed by atoms with Gasteiger partial charge in [-0.1, -0.05) is 36.4 Å². The van der Waals surface area contributed by atoms with E-state index in [1.165, 1.54) is 24.3 Å².